The Balaban J connectivity index is 1.67. The fourth-order valence-corrected chi connectivity index (χ4v) is 2.16. The van der Waals surface area contributed by atoms with Crippen molar-refractivity contribution in [3.05, 3.63) is 64.2 Å². The summed E-state index contributed by atoms with van der Waals surface area (Å²) in [7, 11) is 0. The maximum Gasteiger partial charge on any atom is 0.325 e. The molecule has 1 N–H and O–H groups in total. The Labute approximate surface area is 151 Å². The summed E-state index contributed by atoms with van der Waals surface area (Å²) in [6.45, 7) is 4.04. The molecule has 132 valence electrons. The number of halogens is 1. The van der Waals surface area contributed by atoms with Crippen molar-refractivity contribution in [3.8, 4) is 5.75 Å². The molecule has 0 aliphatic heterocycles. The number of hydrogen-bond acceptors (Lipinski definition) is 4. The van der Waals surface area contributed by atoms with Crippen molar-refractivity contribution in [3.63, 3.8) is 0 Å². The highest BCUT2D eigenvalue weighted by Gasteiger charge is 2.09. The van der Waals surface area contributed by atoms with Crippen LogP contribution in [0.25, 0.3) is 0 Å². The van der Waals surface area contributed by atoms with Gasteiger partial charge in [0.05, 0.1) is 0 Å². The van der Waals surface area contributed by atoms with Gasteiger partial charge in [0.15, 0.2) is 0 Å². The van der Waals surface area contributed by atoms with Crippen LogP contribution in [0.2, 0.25) is 5.02 Å². The summed E-state index contributed by atoms with van der Waals surface area (Å²) in [4.78, 5) is 23.6. The third kappa shape index (κ3) is 6.12. The van der Waals surface area contributed by atoms with Gasteiger partial charge >= 0.3 is 5.97 Å². The van der Waals surface area contributed by atoms with Crippen LogP contribution in [0.1, 0.15) is 21.5 Å². The average Bonchev–Trinajstić information content (AvgIpc) is 2.60. The van der Waals surface area contributed by atoms with Crippen molar-refractivity contribution in [2.75, 3.05) is 19.8 Å². The minimum absolute atomic E-state index is 0.0982. The Morgan fingerprint density at radius 3 is 2.40 bits per heavy atom. The molecule has 1 amide bonds. The van der Waals surface area contributed by atoms with Crippen LogP contribution < -0.4 is 10.1 Å². The molecule has 0 atom stereocenters. The molecule has 0 aromatic heterocycles. The lowest BCUT2D eigenvalue weighted by molar-refractivity contribution is -0.143. The number of rotatable bonds is 7. The molecule has 2 aromatic rings. The number of nitrogens with one attached hydrogen (secondary N) is 1. The highest BCUT2D eigenvalue weighted by molar-refractivity contribution is 6.30. The second-order valence-corrected chi connectivity index (χ2v) is 5.94. The molecule has 0 saturated heterocycles. The average molecular weight is 362 g/mol. The van der Waals surface area contributed by atoms with Gasteiger partial charge in [0.1, 0.15) is 25.5 Å². The molecule has 2 rings (SSSR count). The maximum atomic E-state index is 12.0. The molecule has 0 unspecified atom stereocenters. The summed E-state index contributed by atoms with van der Waals surface area (Å²) in [5.41, 5.74) is 2.65. The second-order valence-electron chi connectivity index (χ2n) is 5.50. The Bertz CT molecular complexity index is 744. The van der Waals surface area contributed by atoms with E-state index in [0.29, 0.717) is 16.3 Å². The Morgan fingerprint density at radius 1 is 1.00 bits per heavy atom. The standard InChI is InChI=1S/C19H20ClNO4/c1-13-3-4-15(11-14(13)2)19(23)21-12-18(22)25-10-9-24-17-7-5-16(20)6-8-17/h3-8,11H,9-10,12H2,1-2H3,(H,21,23). The van der Waals surface area contributed by atoms with E-state index in [4.69, 9.17) is 21.1 Å². The number of hydrogen-bond donors (Lipinski definition) is 1. The predicted molar refractivity (Wildman–Crippen MR) is 96.2 cm³/mol. The van der Waals surface area contributed by atoms with Crippen LogP contribution in [-0.2, 0) is 9.53 Å². The first-order valence-corrected chi connectivity index (χ1v) is 8.23. The highest BCUT2D eigenvalue weighted by atomic mass is 35.5. The smallest absolute Gasteiger partial charge is 0.325 e. The molecule has 6 heteroatoms. The van der Waals surface area contributed by atoms with Gasteiger partial charge in [0.25, 0.3) is 5.91 Å². The lowest BCUT2D eigenvalue weighted by Crippen LogP contribution is -2.31. The quantitative estimate of drug-likeness (QED) is 0.607. The van der Waals surface area contributed by atoms with Crippen LogP contribution in [0.4, 0.5) is 0 Å². The number of esters is 1. The molecule has 0 bridgehead atoms. The molecule has 0 radical (unpaired) electrons. The van der Waals surface area contributed by atoms with Crippen molar-refractivity contribution in [2.24, 2.45) is 0 Å². The van der Waals surface area contributed by atoms with Crippen LogP contribution in [0.3, 0.4) is 0 Å². The van der Waals surface area contributed by atoms with Crippen LogP contribution in [0, 0.1) is 13.8 Å². The van der Waals surface area contributed by atoms with Crippen LogP contribution in [0.5, 0.6) is 5.75 Å². The molecule has 0 fully saturated rings. The molecule has 0 aliphatic rings. The third-order valence-corrected chi connectivity index (χ3v) is 3.84. The fourth-order valence-electron chi connectivity index (χ4n) is 2.03. The molecular weight excluding hydrogens is 342 g/mol. The lowest BCUT2D eigenvalue weighted by Gasteiger charge is -2.09. The van der Waals surface area contributed by atoms with E-state index in [1.54, 1.807) is 36.4 Å². The number of benzene rings is 2. The van der Waals surface area contributed by atoms with Gasteiger partial charge in [-0.3, -0.25) is 9.59 Å². The Morgan fingerprint density at radius 2 is 1.72 bits per heavy atom. The second kappa shape index (κ2) is 9.08. The zero-order valence-corrected chi connectivity index (χ0v) is 14.9. The first-order chi connectivity index (χ1) is 12.0. The Hall–Kier alpha value is -2.53. The van der Waals surface area contributed by atoms with Crippen molar-refractivity contribution >= 4 is 23.5 Å². The van der Waals surface area contributed by atoms with Gasteiger partial charge in [-0.25, -0.2) is 0 Å². The monoisotopic (exact) mass is 361 g/mol. The summed E-state index contributed by atoms with van der Waals surface area (Å²) in [6, 6.07) is 12.3. The van der Waals surface area contributed by atoms with Crippen LogP contribution in [-0.4, -0.2) is 31.6 Å². The topological polar surface area (TPSA) is 64.6 Å². The molecule has 0 spiro atoms. The predicted octanol–water partition coefficient (Wildman–Crippen LogP) is 3.31. The van der Waals surface area contributed by atoms with Crippen molar-refractivity contribution < 1.29 is 19.1 Å². The molecule has 2 aromatic carbocycles. The van der Waals surface area contributed by atoms with Crippen molar-refractivity contribution in [1.82, 2.24) is 5.32 Å². The molecular formula is C19H20ClNO4. The zero-order chi connectivity index (χ0) is 18.2. The summed E-state index contributed by atoms with van der Waals surface area (Å²) >= 11 is 5.78. The van der Waals surface area contributed by atoms with Crippen LogP contribution >= 0.6 is 11.6 Å². The van der Waals surface area contributed by atoms with E-state index in [1.807, 2.05) is 19.9 Å². The summed E-state index contributed by atoms with van der Waals surface area (Å²) < 4.78 is 10.4. The molecule has 0 saturated carbocycles. The van der Waals surface area contributed by atoms with Gasteiger partial charge < -0.3 is 14.8 Å². The van der Waals surface area contributed by atoms with E-state index < -0.39 is 5.97 Å². The van der Waals surface area contributed by atoms with Crippen molar-refractivity contribution in [2.45, 2.75) is 13.8 Å². The zero-order valence-electron chi connectivity index (χ0n) is 14.2. The minimum atomic E-state index is -0.517. The van der Waals surface area contributed by atoms with E-state index in [-0.39, 0.29) is 25.7 Å². The van der Waals surface area contributed by atoms with Gasteiger partial charge in [-0.1, -0.05) is 17.7 Å². The maximum absolute atomic E-state index is 12.0. The van der Waals surface area contributed by atoms with E-state index in [9.17, 15) is 9.59 Å². The number of carbonyl (C=O) groups is 2. The minimum Gasteiger partial charge on any atom is -0.490 e. The summed E-state index contributed by atoms with van der Waals surface area (Å²) in [5.74, 6) is -0.183. The number of aryl methyl sites for hydroxylation is 2. The van der Waals surface area contributed by atoms with E-state index in [0.717, 1.165) is 11.1 Å². The molecule has 5 nitrogen and oxygen atoms in total. The largest absolute Gasteiger partial charge is 0.490 e. The van der Waals surface area contributed by atoms with Gasteiger partial charge in [-0.15, -0.1) is 0 Å². The SMILES string of the molecule is Cc1ccc(C(=O)NCC(=O)OCCOc2ccc(Cl)cc2)cc1C. The first-order valence-electron chi connectivity index (χ1n) is 7.85. The van der Waals surface area contributed by atoms with Gasteiger partial charge in [-0.2, -0.15) is 0 Å². The summed E-state index contributed by atoms with van der Waals surface area (Å²) in [6.07, 6.45) is 0. The van der Waals surface area contributed by atoms with E-state index >= 15 is 0 Å². The first kappa shape index (κ1) is 18.8. The van der Waals surface area contributed by atoms with E-state index in [2.05, 4.69) is 5.32 Å². The van der Waals surface area contributed by atoms with Crippen LogP contribution in [0.15, 0.2) is 42.5 Å². The van der Waals surface area contributed by atoms with Crippen molar-refractivity contribution in [1.29, 1.82) is 0 Å². The molecule has 25 heavy (non-hydrogen) atoms. The molecule has 0 aliphatic carbocycles. The number of amides is 1. The van der Waals surface area contributed by atoms with E-state index in [1.165, 1.54) is 0 Å². The number of carbonyl (C=O) groups excluding carboxylic acids is 2. The third-order valence-electron chi connectivity index (χ3n) is 3.59. The Kier molecular flexibility index (Phi) is 6.83. The van der Waals surface area contributed by atoms with Gasteiger partial charge in [-0.05, 0) is 61.4 Å². The number of ether oxygens (including phenoxy) is 2. The van der Waals surface area contributed by atoms with Gasteiger partial charge in [0.2, 0.25) is 0 Å². The van der Waals surface area contributed by atoms with Gasteiger partial charge in [0, 0.05) is 10.6 Å². The fraction of sp³-hybridized carbons (Fsp3) is 0.263. The lowest BCUT2D eigenvalue weighted by atomic mass is 10.1. The highest BCUT2D eigenvalue weighted by Crippen LogP contribution is 2.15. The normalized spacial score (nSPS) is 10.2. The molecule has 0 heterocycles. The summed E-state index contributed by atoms with van der Waals surface area (Å²) in [5, 5.41) is 3.16.